The lowest BCUT2D eigenvalue weighted by Crippen LogP contribution is -2.30. The van der Waals surface area contributed by atoms with E-state index in [4.69, 9.17) is 10.00 Å². The highest BCUT2D eigenvalue weighted by Crippen LogP contribution is 2.20. The Morgan fingerprint density at radius 1 is 1.00 bits per heavy atom. The van der Waals surface area contributed by atoms with Crippen LogP contribution in [0.25, 0.3) is 0 Å². The zero-order valence-corrected chi connectivity index (χ0v) is 19.2. The number of nitrogens with zero attached hydrogens (tertiary/aromatic N) is 1. The molecule has 0 aliphatic heterocycles. The van der Waals surface area contributed by atoms with Gasteiger partial charge in [0.15, 0.2) is 0 Å². The molecule has 0 heterocycles. The Kier molecular flexibility index (Phi) is 7.83. The minimum atomic E-state index is -3.62. The molecule has 3 aromatic carbocycles. The van der Waals surface area contributed by atoms with Crippen LogP contribution in [0.1, 0.15) is 35.3 Å². The van der Waals surface area contributed by atoms with Gasteiger partial charge in [0.2, 0.25) is 10.0 Å². The average Bonchev–Trinajstić information content (AvgIpc) is 2.79. The van der Waals surface area contributed by atoms with E-state index in [1.165, 1.54) is 24.3 Å². The Labute approximate surface area is 194 Å². The maximum atomic E-state index is 12.7. The van der Waals surface area contributed by atoms with Crippen LogP contribution in [0.5, 0.6) is 5.75 Å². The van der Waals surface area contributed by atoms with Crippen molar-refractivity contribution in [2.45, 2.75) is 37.8 Å². The van der Waals surface area contributed by atoms with E-state index in [1.54, 1.807) is 32.0 Å². The van der Waals surface area contributed by atoms with Crippen molar-refractivity contribution in [2.75, 3.05) is 5.32 Å². The van der Waals surface area contributed by atoms with E-state index in [-0.39, 0.29) is 23.5 Å². The summed E-state index contributed by atoms with van der Waals surface area (Å²) in [7, 11) is -3.62. The van der Waals surface area contributed by atoms with Gasteiger partial charge < -0.3 is 10.1 Å². The van der Waals surface area contributed by atoms with Crippen LogP contribution in [0.15, 0.2) is 77.7 Å². The number of amides is 1. The van der Waals surface area contributed by atoms with Gasteiger partial charge in [-0.25, -0.2) is 13.1 Å². The number of anilines is 1. The Balaban J connectivity index is 1.67. The molecule has 0 saturated heterocycles. The van der Waals surface area contributed by atoms with Gasteiger partial charge in [-0.05, 0) is 61.9 Å². The first-order chi connectivity index (χ1) is 15.8. The fourth-order valence-electron chi connectivity index (χ4n) is 3.08. The molecule has 0 unspecified atom stereocenters. The summed E-state index contributed by atoms with van der Waals surface area (Å²) in [5, 5.41) is 11.6. The summed E-state index contributed by atoms with van der Waals surface area (Å²) in [6.07, 6.45) is 0.344. The van der Waals surface area contributed by atoms with Crippen molar-refractivity contribution in [1.29, 1.82) is 5.26 Å². The van der Waals surface area contributed by atoms with Gasteiger partial charge in [-0.3, -0.25) is 4.79 Å². The number of carbonyl (C=O) groups is 1. The average molecular weight is 464 g/mol. The maximum Gasteiger partial charge on any atom is 0.255 e. The number of nitriles is 1. The van der Waals surface area contributed by atoms with E-state index in [0.29, 0.717) is 23.4 Å². The first kappa shape index (κ1) is 24.0. The van der Waals surface area contributed by atoms with Crippen LogP contribution in [0.2, 0.25) is 0 Å². The first-order valence-corrected chi connectivity index (χ1v) is 11.9. The standard InChI is InChI=1S/C25H25N3O4S/c1-18(2)28-33(30,31)23-13-9-20(10-14-23)25(29)27-24-6-4-3-5-21(24)17-32-22-11-7-19(8-12-22)15-16-26/h3-14,18,28H,15,17H2,1-2H3,(H,27,29). The number of rotatable bonds is 9. The van der Waals surface area contributed by atoms with Gasteiger partial charge in [0.05, 0.1) is 17.4 Å². The van der Waals surface area contributed by atoms with Gasteiger partial charge in [0, 0.05) is 22.9 Å². The molecule has 3 rings (SSSR count). The summed E-state index contributed by atoms with van der Waals surface area (Å²) >= 11 is 0. The molecule has 0 atom stereocenters. The van der Waals surface area contributed by atoms with Crippen LogP contribution < -0.4 is 14.8 Å². The van der Waals surface area contributed by atoms with Crippen LogP contribution in [0.3, 0.4) is 0 Å². The minimum Gasteiger partial charge on any atom is -0.489 e. The van der Waals surface area contributed by atoms with Gasteiger partial charge in [-0.1, -0.05) is 30.3 Å². The van der Waals surface area contributed by atoms with Gasteiger partial charge >= 0.3 is 0 Å². The highest BCUT2D eigenvalue weighted by atomic mass is 32.2. The Morgan fingerprint density at radius 3 is 2.30 bits per heavy atom. The lowest BCUT2D eigenvalue weighted by molar-refractivity contribution is 0.102. The predicted molar refractivity (Wildman–Crippen MR) is 126 cm³/mol. The zero-order chi connectivity index (χ0) is 23.8. The molecule has 0 fully saturated rings. The number of carbonyl (C=O) groups excluding carboxylic acids is 1. The second-order valence-corrected chi connectivity index (χ2v) is 9.39. The largest absolute Gasteiger partial charge is 0.489 e. The number of nitrogens with one attached hydrogen (secondary N) is 2. The fraction of sp³-hybridized carbons (Fsp3) is 0.200. The molecule has 1 amide bonds. The van der Waals surface area contributed by atoms with Gasteiger partial charge in [0.1, 0.15) is 12.4 Å². The zero-order valence-electron chi connectivity index (χ0n) is 18.4. The first-order valence-electron chi connectivity index (χ1n) is 10.4. The SMILES string of the molecule is CC(C)NS(=O)(=O)c1ccc(C(=O)Nc2ccccc2COc2ccc(CC#N)cc2)cc1. The topological polar surface area (TPSA) is 108 Å². The number of ether oxygens (including phenoxy) is 1. The summed E-state index contributed by atoms with van der Waals surface area (Å²) in [6, 6.07) is 22.2. The number of hydrogen-bond acceptors (Lipinski definition) is 5. The molecule has 2 N–H and O–H groups in total. The van der Waals surface area contributed by atoms with Crippen molar-refractivity contribution < 1.29 is 17.9 Å². The Hall–Kier alpha value is -3.67. The predicted octanol–water partition coefficient (Wildman–Crippen LogP) is 4.27. The summed E-state index contributed by atoms with van der Waals surface area (Å²) < 4.78 is 32.9. The van der Waals surface area contributed by atoms with Crippen molar-refractivity contribution in [3.05, 3.63) is 89.5 Å². The molecule has 0 radical (unpaired) electrons. The Bertz CT molecular complexity index is 1250. The van der Waals surface area contributed by atoms with E-state index in [1.807, 2.05) is 30.3 Å². The third-order valence-electron chi connectivity index (χ3n) is 4.68. The molecule has 170 valence electrons. The smallest absolute Gasteiger partial charge is 0.255 e. The molecule has 7 nitrogen and oxygen atoms in total. The van der Waals surface area contributed by atoms with E-state index >= 15 is 0 Å². The van der Waals surface area contributed by atoms with Crippen molar-refractivity contribution in [1.82, 2.24) is 4.72 Å². The van der Waals surface area contributed by atoms with Crippen LogP contribution in [0.4, 0.5) is 5.69 Å². The van der Waals surface area contributed by atoms with Crippen LogP contribution in [-0.2, 0) is 23.1 Å². The van der Waals surface area contributed by atoms with Crippen LogP contribution in [0, 0.1) is 11.3 Å². The van der Waals surface area contributed by atoms with Gasteiger partial charge in [-0.15, -0.1) is 0 Å². The highest BCUT2D eigenvalue weighted by Gasteiger charge is 2.16. The molecule has 0 spiro atoms. The summed E-state index contributed by atoms with van der Waals surface area (Å²) in [5.41, 5.74) is 2.63. The van der Waals surface area contributed by atoms with E-state index in [9.17, 15) is 13.2 Å². The maximum absolute atomic E-state index is 12.7. The second kappa shape index (κ2) is 10.8. The number of para-hydroxylation sites is 1. The molecule has 0 saturated carbocycles. The molecule has 3 aromatic rings. The molecular formula is C25H25N3O4S. The quantitative estimate of drug-likeness (QED) is 0.493. The van der Waals surface area contributed by atoms with E-state index in [0.717, 1.165) is 11.1 Å². The lowest BCUT2D eigenvalue weighted by atomic mass is 10.1. The van der Waals surface area contributed by atoms with Crippen LogP contribution >= 0.6 is 0 Å². The van der Waals surface area contributed by atoms with Crippen molar-refractivity contribution in [3.8, 4) is 11.8 Å². The summed E-state index contributed by atoms with van der Waals surface area (Å²) in [4.78, 5) is 12.8. The summed E-state index contributed by atoms with van der Waals surface area (Å²) in [6.45, 7) is 3.72. The third kappa shape index (κ3) is 6.65. The second-order valence-electron chi connectivity index (χ2n) is 7.68. The fourth-order valence-corrected chi connectivity index (χ4v) is 4.33. The molecule has 8 heteroatoms. The molecular weight excluding hydrogens is 438 g/mol. The van der Waals surface area contributed by atoms with E-state index < -0.39 is 10.0 Å². The number of hydrogen-bond donors (Lipinski definition) is 2. The van der Waals surface area contributed by atoms with Crippen molar-refractivity contribution in [3.63, 3.8) is 0 Å². The third-order valence-corrected chi connectivity index (χ3v) is 6.36. The Morgan fingerprint density at radius 2 is 1.67 bits per heavy atom. The molecule has 0 aliphatic carbocycles. The van der Waals surface area contributed by atoms with Crippen molar-refractivity contribution >= 4 is 21.6 Å². The monoisotopic (exact) mass is 463 g/mol. The molecule has 0 aliphatic rings. The normalized spacial score (nSPS) is 11.1. The van der Waals surface area contributed by atoms with Gasteiger partial charge in [0.25, 0.3) is 5.91 Å². The minimum absolute atomic E-state index is 0.0994. The van der Waals surface area contributed by atoms with Crippen LogP contribution in [-0.4, -0.2) is 20.4 Å². The van der Waals surface area contributed by atoms with Gasteiger partial charge in [-0.2, -0.15) is 5.26 Å². The van der Waals surface area contributed by atoms with Crippen molar-refractivity contribution in [2.24, 2.45) is 0 Å². The summed E-state index contributed by atoms with van der Waals surface area (Å²) in [5.74, 6) is 0.300. The number of sulfonamides is 1. The number of benzene rings is 3. The molecule has 0 bridgehead atoms. The lowest BCUT2D eigenvalue weighted by Gasteiger charge is -2.13. The highest BCUT2D eigenvalue weighted by molar-refractivity contribution is 7.89. The molecule has 0 aromatic heterocycles. The molecule has 33 heavy (non-hydrogen) atoms. The van der Waals surface area contributed by atoms with E-state index in [2.05, 4.69) is 16.1 Å².